The van der Waals surface area contributed by atoms with Crippen molar-refractivity contribution in [3.63, 3.8) is 0 Å². The van der Waals surface area contributed by atoms with Gasteiger partial charge in [-0.2, -0.15) is 0 Å². The van der Waals surface area contributed by atoms with Gasteiger partial charge in [-0.25, -0.2) is 9.48 Å². The van der Waals surface area contributed by atoms with Gasteiger partial charge in [0.1, 0.15) is 12.3 Å². The minimum atomic E-state index is -0.332. The molecule has 2 aromatic rings. The van der Waals surface area contributed by atoms with Crippen LogP contribution >= 0.6 is 0 Å². The minimum absolute atomic E-state index is 0.129. The largest absolute Gasteiger partial charge is 0.443 e. The summed E-state index contributed by atoms with van der Waals surface area (Å²) in [4.78, 5) is 13.5. The number of aromatic nitrogens is 3. The molecular formula is C16H20N4O3. The Morgan fingerprint density at radius 3 is 2.96 bits per heavy atom. The molecule has 1 saturated heterocycles. The van der Waals surface area contributed by atoms with Gasteiger partial charge in [0.25, 0.3) is 0 Å². The Kier molecular flexibility index (Phi) is 4.87. The van der Waals surface area contributed by atoms with Crippen LogP contribution in [0.2, 0.25) is 0 Å². The highest BCUT2D eigenvalue weighted by atomic mass is 16.6. The van der Waals surface area contributed by atoms with E-state index in [4.69, 9.17) is 9.47 Å². The van der Waals surface area contributed by atoms with E-state index in [9.17, 15) is 4.79 Å². The lowest BCUT2D eigenvalue weighted by Crippen LogP contribution is -2.40. The number of amides is 1. The van der Waals surface area contributed by atoms with Crippen molar-refractivity contribution in [2.45, 2.75) is 20.1 Å². The highest BCUT2D eigenvalue weighted by molar-refractivity contribution is 5.67. The number of ether oxygens (including phenoxy) is 2. The Bertz CT molecular complexity index is 665. The average molecular weight is 316 g/mol. The molecule has 2 heterocycles. The maximum atomic E-state index is 11.9. The van der Waals surface area contributed by atoms with Gasteiger partial charge in [-0.15, -0.1) is 5.10 Å². The molecule has 1 aromatic carbocycles. The molecule has 1 aliphatic heterocycles. The highest BCUT2D eigenvalue weighted by Gasteiger charge is 2.18. The van der Waals surface area contributed by atoms with Crippen molar-refractivity contribution in [1.82, 2.24) is 19.9 Å². The smallest absolute Gasteiger partial charge is 0.410 e. The number of hydrogen-bond acceptors (Lipinski definition) is 5. The molecule has 0 saturated carbocycles. The Morgan fingerprint density at radius 1 is 1.35 bits per heavy atom. The van der Waals surface area contributed by atoms with Crippen LogP contribution in [-0.2, 0) is 22.6 Å². The van der Waals surface area contributed by atoms with E-state index in [2.05, 4.69) is 29.4 Å². The van der Waals surface area contributed by atoms with Crippen LogP contribution in [0, 0.1) is 6.92 Å². The van der Waals surface area contributed by atoms with Gasteiger partial charge in [0.05, 0.1) is 26.0 Å². The fourth-order valence-corrected chi connectivity index (χ4v) is 2.45. The Labute approximate surface area is 134 Å². The molecule has 0 atom stereocenters. The van der Waals surface area contributed by atoms with Gasteiger partial charge in [-0.05, 0) is 12.5 Å². The molecular weight excluding hydrogens is 296 g/mol. The van der Waals surface area contributed by atoms with Gasteiger partial charge in [0, 0.05) is 13.1 Å². The number of hydrogen-bond donors (Lipinski definition) is 0. The van der Waals surface area contributed by atoms with Crippen molar-refractivity contribution in [1.29, 1.82) is 0 Å². The van der Waals surface area contributed by atoms with Gasteiger partial charge in [-0.3, -0.25) is 0 Å². The second-order valence-corrected chi connectivity index (χ2v) is 5.55. The van der Waals surface area contributed by atoms with Crippen molar-refractivity contribution < 1.29 is 14.3 Å². The molecule has 23 heavy (non-hydrogen) atoms. The third-order valence-electron chi connectivity index (χ3n) is 3.63. The summed E-state index contributed by atoms with van der Waals surface area (Å²) in [5.74, 6) is 0. The first-order valence-corrected chi connectivity index (χ1v) is 7.65. The second-order valence-electron chi connectivity index (χ2n) is 5.55. The van der Waals surface area contributed by atoms with E-state index in [0.717, 1.165) is 5.56 Å². The molecule has 7 nitrogen and oxygen atoms in total. The van der Waals surface area contributed by atoms with Crippen LogP contribution < -0.4 is 0 Å². The number of carbonyl (C=O) groups is 1. The Balaban J connectivity index is 1.52. The van der Waals surface area contributed by atoms with E-state index < -0.39 is 0 Å². The summed E-state index contributed by atoms with van der Waals surface area (Å²) in [5.41, 5.74) is 3.01. The van der Waals surface area contributed by atoms with Crippen LogP contribution in [0.15, 0.2) is 30.5 Å². The molecule has 122 valence electrons. The molecule has 0 unspecified atom stereocenters. The number of nitrogens with zero attached hydrogens (tertiary/aromatic N) is 4. The first kappa shape index (κ1) is 15.5. The van der Waals surface area contributed by atoms with Crippen LogP contribution in [0.3, 0.4) is 0 Å². The molecule has 7 heteroatoms. The fraction of sp³-hybridized carbons (Fsp3) is 0.438. The lowest BCUT2D eigenvalue weighted by Gasteiger charge is -2.25. The first-order chi connectivity index (χ1) is 11.2. The van der Waals surface area contributed by atoms with Gasteiger partial charge in [0.2, 0.25) is 0 Å². The fourth-order valence-electron chi connectivity index (χ4n) is 2.45. The maximum absolute atomic E-state index is 11.9. The predicted octanol–water partition coefficient (Wildman–Crippen LogP) is 1.60. The third kappa shape index (κ3) is 4.29. The molecule has 0 N–H and O–H groups in total. The zero-order chi connectivity index (χ0) is 16.1. The molecule has 1 aliphatic rings. The molecule has 1 fully saturated rings. The van der Waals surface area contributed by atoms with Crippen LogP contribution in [-0.4, -0.2) is 52.3 Å². The summed E-state index contributed by atoms with van der Waals surface area (Å²) in [6, 6.07) is 8.24. The summed E-state index contributed by atoms with van der Waals surface area (Å²) in [7, 11) is 0. The summed E-state index contributed by atoms with van der Waals surface area (Å²) < 4.78 is 12.2. The van der Waals surface area contributed by atoms with E-state index in [1.54, 1.807) is 15.8 Å². The number of benzene rings is 1. The summed E-state index contributed by atoms with van der Waals surface area (Å²) >= 11 is 0. The SMILES string of the molecule is Cc1cccc(Cn2cc(COC(=O)N3CCOCC3)nn2)c1. The standard InChI is InChI=1S/C16H20N4O3/c1-13-3-2-4-14(9-13)10-20-11-15(17-18-20)12-23-16(21)19-5-7-22-8-6-19/h2-4,9,11H,5-8,10,12H2,1H3. The van der Waals surface area contributed by atoms with Crippen molar-refractivity contribution in [2.24, 2.45) is 0 Å². The second kappa shape index (κ2) is 7.23. The van der Waals surface area contributed by atoms with Gasteiger partial charge >= 0.3 is 6.09 Å². The monoisotopic (exact) mass is 316 g/mol. The normalized spacial score (nSPS) is 14.7. The minimum Gasteiger partial charge on any atom is -0.443 e. The van der Waals surface area contributed by atoms with Gasteiger partial charge in [0.15, 0.2) is 0 Å². The molecule has 0 spiro atoms. The van der Waals surface area contributed by atoms with Gasteiger partial charge in [-0.1, -0.05) is 35.0 Å². The molecule has 3 rings (SSSR count). The Morgan fingerprint density at radius 2 is 2.17 bits per heavy atom. The van der Waals surface area contributed by atoms with E-state index in [0.29, 0.717) is 38.5 Å². The molecule has 0 aliphatic carbocycles. The Hall–Kier alpha value is -2.41. The van der Waals surface area contributed by atoms with E-state index >= 15 is 0 Å². The number of rotatable bonds is 4. The van der Waals surface area contributed by atoms with E-state index in [1.165, 1.54) is 5.56 Å². The molecule has 1 amide bonds. The maximum Gasteiger partial charge on any atom is 0.410 e. The highest BCUT2D eigenvalue weighted by Crippen LogP contribution is 2.07. The van der Waals surface area contributed by atoms with E-state index in [1.807, 2.05) is 12.1 Å². The average Bonchev–Trinajstić information content (AvgIpc) is 3.01. The summed E-state index contributed by atoms with van der Waals surface area (Å²) in [6.07, 6.45) is 1.47. The molecule has 0 radical (unpaired) electrons. The lowest BCUT2D eigenvalue weighted by molar-refractivity contribution is 0.0246. The third-order valence-corrected chi connectivity index (χ3v) is 3.63. The van der Waals surface area contributed by atoms with Gasteiger partial charge < -0.3 is 14.4 Å². The lowest BCUT2D eigenvalue weighted by atomic mass is 10.1. The summed E-state index contributed by atoms with van der Waals surface area (Å²) in [5, 5.41) is 8.12. The number of morpholine rings is 1. The quantitative estimate of drug-likeness (QED) is 0.857. The number of carbonyl (C=O) groups excluding carboxylic acids is 1. The van der Waals surface area contributed by atoms with Crippen molar-refractivity contribution in [2.75, 3.05) is 26.3 Å². The van der Waals surface area contributed by atoms with Crippen molar-refractivity contribution in [3.8, 4) is 0 Å². The zero-order valence-electron chi connectivity index (χ0n) is 13.1. The van der Waals surface area contributed by atoms with Crippen molar-refractivity contribution in [3.05, 3.63) is 47.3 Å². The van der Waals surface area contributed by atoms with Crippen LogP contribution in [0.25, 0.3) is 0 Å². The first-order valence-electron chi connectivity index (χ1n) is 7.65. The van der Waals surface area contributed by atoms with E-state index in [-0.39, 0.29) is 12.7 Å². The summed E-state index contributed by atoms with van der Waals surface area (Å²) in [6.45, 7) is 5.08. The zero-order valence-corrected chi connectivity index (χ0v) is 13.1. The van der Waals surface area contributed by atoms with Crippen LogP contribution in [0.4, 0.5) is 4.79 Å². The van der Waals surface area contributed by atoms with Crippen LogP contribution in [0.1, 0.15) is 16.8 Å². The molecule has 0 bridgehead atoms. The predicted molar refractivity (Wildman–Crippen MR) is 82.9 cm³/mol. The van der Waals surface area contributed by atoms with Crippen molar-refractivity contribution >= 4 is 6.09 Å². The topological polar surface area (TPSA) is 69.5 Å². The van der Waals surface area contributed by atoms with Crippen LogP contribution in [0.5, 0.6) is 0 Å². The molecule has 1 aromatic heterocycles. The number of aryl methyl sites for hydroxylation is 1.